The van der Waals surface area contributed by atoms with Gasteiger partial charge in [-0.1, -0.05) is 39.3 Å². The molecule has 0 unspecified atom stereocenters. The number of para-hydroxylation sites is 2. The van der Waals surface area contributed by atoms with Crippen LogP contribution < -0.4 is 9.47 Å². The Morgan fingerprint density at radius 3 is 2.10 bits per heavy atom. The molecule has 1 aromatic rings. The lowest BCUT2D eigenvalue weighted by molar-refractivity contribution is -0.137. The number of unbranched alkanes of at least 4 members (excludes halogenated alkanes) is 1. The lowest BCUT2D eigenvalue weighted by atomic mass is 10.1. The standard InChI is InChI=1S/C16H22O4/c1-4-5-10-15(17)19-13-8-6-7-9-14(13)20-16(18)11-12(2)3/h6-9,12H,4-5,10-11H2,1-3H3. The van der Waals surface area contributed by atoms with Gasteiger partial charge in [-0.15, -0.1) is 0 Å². The van der Waals surface area contributed by atoms with Crippen LogP contribution in [0.2, 0.25) is 0 Å². The molecule has 4 heteroatoms. The highest BCUT2D eigenvalue weighted by atomic mass is 16.6. The molecule has 0 heterocycles. The van der Waals surface area contributed by atoms with Crippen LogP contribution in [0.5, 0.6) is 11.5 Å². The van der Waals surface area contributed by atoms with Gasteiger partial charge in [0, 0.05) is 12.8 Å². The molecule has 0 atom stereocenters. The van der Waals surface area contributed by atoms with Crippen molar-refractivity contribution in [2.24, 2.45) is 5.92 Å². The molecule has 0 N–H and O–H groups in total. The van der Waals surface area contributed by atoms with Gasteiger partial charge in [0.25, 0.3) is 0 Å². The molecule has 20 heavy (non-hydrogen) atoms. The van der Waals surface area contributed by atoms with E-state index in [0.717, 1.165) is 12.8 Å². The molecular weight excluding hydrogens is 256 g/mol. The fraction of sp³-hybridized carbons (Fsp3) is 0.500. The highest BCUT2D eigenvalue weighted by molar-refractivity contribution is 5.76. The first kappa shape index (κ1) is 16.2. The van der Waals surface area contributed by atoms with Gasteiger partial charge in [-0.3, -0.25) is 9.59 Å². The maximum Gasteiger partial charge on any atom is 0.311 e. The summed E-state index contributed by atoms with van der Waals surface area (Å²) in [7, 11) is 0. The van der Waals surface area contributed by atoms with Crippen LogP contribution in [0.15, 0.2) is 24.3 Å². The van der Waals surface area contributed by atoms with E-state index in [1.165, 1.54) is 0 Å². The van der Waals surface area contributed by atoms with E-state index in [-0.39, 0.29) is 17.9 Å². The first-order valence-corrected chi connectivity index (χ1v) is 7.03. The fourth-order valence-corrected chi connectivity index (χ4v) is 1.61. The van der Waals surface area contributed by atoms with E-state index >= 15 is 0 Å². The van der Waals surface area contributed by atoms with Crippen LogP contribution in [0.25, 0.3) is 0 Å². The lowest BCUT2D eigenvalue weighted by Crippen LogP contribution is -2.13. The highest BCUT2D eigenvalue weighted by Crippen LogP contribution is 2.27. The number of carbonyl (C=O) groups excluding carboxylic acids is 2. The monoisotopic (exact) mass is 278 g/mol. The number of benzene rings is 1. The first-order chi connectivity index (χ1) is 9.52. The van der Waals surface area contributed by atoms with Crippen molar-refractivity contribution in [3.63, 3.8) is 0 Å². The van der Waals surface area contributed by atoms with Crippen molar-refractivity contribution in [3.05, 3.63) is 24.3 Å². The van der Waals surface area contributed by atoms with Crippen LogP contribution in [-0.4, -0.2) is 11.9 Å². The Hall–Kier alpha value is -1.84. The minimum atomic E-state index is -0.322. The molecule has 0 radical (unpaired) electrons. The summed E-state index contributed by atoms with van der Waals surface area (Å²) in [5.74, 6) is 0.187. The molecule has 1 rings (SSSR count). The van der Waals surface area contributed by atoms with Crippen LogP contribution in [0.3, 0.4) is 0 Å². The van der Waals surface area contributed by atoms with E-state index in [0.29, 0.717) is 24.3 Å². The van der Waals surface area contributed by atoms with E-state index in [1.54, 1.807) is 24.3 Å². The summed E-state index contributed by atoms with van der Waals surface area (Å²) in [6.45, 7) is 5.89. The van der Waals surface area contributed by atoms with E-state index in [2.05, 4.69) is 0 Å². The second-order valence-corrected chi connectivity index (χ2v) is 5.10. The SMILES string of the molecule is CCCCC(=O)Oc1ccccc1OC(=O)CC(C)C. The number of esters is 2. The van der Waals surface area contributed by atoms with E-state index in [9.17, 15) is 9.59 Å². The molecule has 0 aliphatic rings. The molecule has 0 aromatic heterocycles. The second-order valence-electron chi connectivity index (χ2n) is 5.10. The number of rotatable bonds is 7. The van der Waals surface area contributed by atoms with Gasteiger partial charge in [-0.25, -0.2) is 0 Å². The zero-order valence-electron chi connectivity index (χ0n) is 12.3. The Kier molecular flexibility index (Phi) is 6.77. The predicted molar refractivity (Wildman–Crippen MR) is 76.7 cm³/mol. The second kappa shape index (κ2) is 8.35. The number of ether oxygens (including phenoxy) is 2. The van der Waals surface area contributed by atoms with Crippen LogP contribution in [-0.2, 0) is 9.59 Å². The Morgan fingerprint density at radius 2 is 1.60 bits per heavy atom. The van der Waals surface area contributed by atoms with E-state index in [1.807, 2.05) is 20.8 Å². The van der Waals surface area contributed by atoms with Gasteiger partial charge in [-0.2, -0.15) is 0 Å². The molecule has 0 amide bonds. The van der Waals surface area contributed by atoms with Crippen LogP contribution in [0, 0.1) is 5.92 Å². The number of hydrogen-bond donors (Lipinski definition) is 0. The van der Waals surface area contributed by atoms with Gasteiger partial charge >= 0.3 is 11.9 Å². The Bertz CT molecular complexity index is 452. The summed E-state index contributed by atoms with van der Waals surface area (Å²) in [6.07, 6.45) is 2.41. The molecule has 0 fully saturated rings. The summed E-state index contributed by atoms with van der Waals surface area (Å²) >= 11 is 0. The Labute approximate surface area is 120 Å². The van der Waals surface area contributed by atoms with Gasteiger partial charge in [0.05, 0.1) is 0 Å². The molecule has 0 saturated carbocycles. The number of hydrogen-bond acceptors (Lipinski definition) is 4. The molecular formula is C16H22O4. The highest BCUT2D eigenvalue weighted by Gasteiger charge is 2.13. The van der Waals surface area contributed by atoms with Gasteiger partial charge in [-0.05, 0) is 24.5 Å². The van der Waals surface area contributed by atoms with E-state index < -0.39 is 0 Å². The van der Waals surface area contributed by atoms with Crippen molar-refractivity contribution in [1.29, 1.82) is 0 Å². The van der Waals surface area contributed by atoms with Crippen LogP contribution in [0.4, 0.5) is 0 Å². The maximum atomic E-state index is 11.7. The zero-order chi connectivity index (χ0) is 15.0. The summed E-state index contributed by atoms with van der Waals surface area (Å²) in [5.41, 5.74) is 0. The van der Waals surface area contributed by atoms with Gasteiger partial charge in [0.1, 0.15) is 0 Å². The van der Waals surface area contributed by atoms with Gasteiger partial charge in [0.2, 0.25) is 0 Å². The third kappa shape index (κ3) is 5.87. The molecule has 0 saturated heterocycles. The first-order valence-electron chi connectivity index (χ1n) is 7.03. The molecule has 1 aromatic carbocycles. The summed E-state index contributed by atoms with van der Waals surface area (Å²) < 4.78 is 10.5. The van der Waals surface area contributed by atoms with Crippen molar-refractivity contribution in [2.45, 2.75) is 46.5 Å². The molecule has 110 valence electrons. The topological polar surface area (TPSA) is 52.6 Å². The van der Waals surface area contributed by atoms with Crippen molar-refractivity contribution < 1.29 is 19.1 Å². The summed E-state index contributed by atoms with van der Waals surface area (Å²) in [6, 6.07) is 6.73. The molecule has 0 bridgehead atoms. The fourth-order valence-electron chi connectivity index (χ4n) is 1.61. The Morgan fingerprint density at radius 1 is 1.05 bits per heavy atom. The molecule has 0 aliphatic carbocycles. The molecule has 4 nitrogen and oxygen atoms in total. The third-order valence-electron chi connectivity index (χ3n) is 2.61. The average Bonchev–Trinajstić information content (AvgIpc) is 2.37. The minimum Gasteiger partial charge on any atom is -0.423 e. The number of carbonyl (C=O) groups is 2. The van der Waals surface area contributed by atoms with Crippen molar-refractivity contribution in [3.8, 4) is 11.5 Å². The predicted octanol–water partition coefficient (Wildman–Crippen LogP) is 3.73. The smallest absolute Gasteiger partial charge is 0.311 e. The van der Waals surface area contributed by atoms with Gasteiger partial charge < -0.3 is 9.47 Å². The summed E-state index contributed by atoms with van der Waals surface area (Å²) in [5, 5.41) is 0. The maximum absolute atomic E-state index is 11.7. The van der Waals surface area contributed by atoms with Crippen LogP contribution in [0.1, 0.15) is 46.5 Å². The quantitative estimate of drug-likeness (QED) is 0.563. The third-order valence-corrected chi connectivity index (χ3v) is 2.61. The normalized spacial score (nSPS) is 10.4. The van der Waals surface area contributed by atoms with Crippen molar-refractivity contribution >= 4 is 11.9 Å². The van der Waals surface area contributed by atoms with E-state index in [4.69, 9.17) is 9.47 Å². The van der Waals surface area contributed by atoms with Crippen molar-refractivity contribution in [2.75, 3.05) is 0 Å². The largest absolute Gasteiger partial charge is 0.423 e. The molecule has 0 spiro atoms. The summed E-state index contributed by atoms with van der Waals surface area (Å²) in [4.78, 5) is 23.3. The average molecular weight is 278 g/mol. The minimum absolute atomic E-state index is 0.224. The molecule has 0 aliphatic heterocycles. The lowest BCUT2D eigenvalue weighted by Gasteiger charge is -2.11. The Balaban J connectivity index is 2.68. The van der Waals surface area contributed by atoms with Crippen LogP contribution >= 0.6 is 0 Å². The zero-order valence-corrected chi connectivity index (χ0v) is 12.3. The van der Waals surface area contributed by atoms with Crippen molar-refractivity contribution in [1.82, 2.24) is 0 Å². The van der Waals surface area contributed by atoms with Gasteiger partial charge in [0.15, 0.2) is 11.5 Å².